The van der Waals surface area contributed by atoms with E-state index in [0.29, 0.717) is 5.56 Å². The monoisotopic (exact) mass is 379 g/mol. The van der Waals surface area contributed by atoms with Crippen LogP contribution < -0.4 is 4.72 Å². The fraction of sp³-hybridized carbons (Fsp3) is 0.647. The van der Waals surface area contributed by atoms with E-state index in [4.69, 9.17) is 11.6 Å². The Balaban J connectivity index is 2.37. The van der Waals surface area contributed by atoms with Crippen molar-refractivity contribution in [2.75, 3.05) is 0 Å². The molecular formula is C17H24ClF2NO2S. The molecule has 0 radical (unpaired) electrons. The molecular weight excluding hydrogens is 356 g/mol. The van der Waals surface area contributed by atoms with Crippen molar-refractivity contribution in [3.05, 3.63) is 34.6 Å². The molecule has 0 spiro atoms. The van der Waals surface area contributed by atoms with Gasteiger partial charge >= 0.3 is 0 Å². The molecule has 1 aliphatic carbocycles. The molecule has 2 atom stereocenters. The first-order valence-electron chi connectivity index (χ1n) is 8.02. The Hall–Kier alpha value is -0.400. The highest BCUT2D eigenvalue weighted by Crippen LogP contribution is 2.41. The Morgan fingerprint density at radius 1 is 1.33 bits per heavy atom. The molecule has 1 unspecified atom stereocenters. The number of aliphatic hydroxyl groups is 1. The zero-order valence-electron chi connectivity index (χ0n) is 14.1. The van der Waals surface area contributed by atoms with Gasteiger partial charge in [-0.25, -0.2) is 8.78 Å². The van der Waals surface area contributed by atoms with Crippen molar-refractivity contribution in [2.24, 2.45) is 0 Å². The molecule has 0 heterocycles. The van der Waals surface area contributed by atoms with Gasteiger partial charge in [0.15, 0.2) is 0 Å². The molecule has 0 amide bonds. The number of benzene rings is 1. The standard InChI is InChI=1S/C17H24ClF2NO2S/c1-16(2,3)24(23)21-15(11-8-12(18)10-14(20)9-11)17(22)6-4-13(19)5-7-17/h8-10,13,15,21-22H,4-7H2,1-3H3/t13-,15-,17-,24?/m0/s1. The highest BCUT2D eigenvalue weighted by atomic mass is 35.5. The van der Waals surface area contributed by atoms with Crippen LogP contribution >= 0.6 is 11.6 Å². The third-order valence-electron chi connectivity index (χ3n) is 4.32. The van der Waals surface area contributed by atoms with E-state index in [-0.39, 0.29) is 30.7 Å². The molecule has 1 aromatic carbocycles. The SMILES string of the molecule is CC(C)(C)[S+]([O-])N[C@@H](c1cc(F)cc(Cl)c1)[C@]1(O)CC[C@H](F)CC1. The quantitative estimate of drug-likeness (QED) is 0.770. The van der Waals surface area contributed by atoms with Gasteiger partial charge in [-0.3, -0.25) is 0 Å². The molecule has 0 aliphatic heterocycles. The van der Waals surface area contributed by atoms with Crippen LogP contribution in [0.2, 0.25) is 5.02 Å². The number of nitrogens with one attached hydrogen (secondary N) is 1. The fourth-order valence-corrected chi connectivity index (χ4v) is 4.04. The summed E-state index contributed by atoms with van der Waals surface area (Å²) in [4.78, 5) is 0. The van der Waals surface area contributed by atoms with E-state index in [1.165, 1.54) is 12.1 Å². The van der Waals surface area contributed by atoms with E-state index >= 15 is 0 Å². The minimum Gasteiger partial charge on any atom is -0.598 e. The normalized spacial score (nSPS) is 27.8. The lowest BCUT2D eigenvalue weighted by molar-refractivity contribution is -0.0408. The van der Waals surface area contributed by atoms with E-state index in [2.05, 4.69) is 4.72 Å². The predicted octanol–water partition coefficient (Wildman–Crippen LogP) is 4.22. The van der Waals surface area contributed by atoms with Gasteiger partial charge in [0.1, 0.15) is 22.8 Å². The van der Waals surface area contributed by atoms with Crippen LogP contribution in [0, 0.1) is 5.82 Å². The lowest BCUT2D eigenvalue weighted by Crippen LogP contribution is -2.51. The summed E-state index contributed by atoms with van der Waals surface area (Å²) < 4.78 is 42.2. The number of hydrogen-bond donors (Lipinski definition) is 2. The van der Waals surface area contributed by atoms with Crippen LogP contribution in [-0.2, 0) is 11.4 Å². The van der Waals surface area contributed by atoms with Gasteiger partial charge in [0.25, 0.3) is 0 Å². The van der Waals surface area contributed by atoms with Crippen molar-refractivity contribution in [2.45, 2.75) is 69.0 Å². The van der Waals surface area contributed by atoms with E-state index in [1.807, 2.05) is 0 Å². The molecule has 0 saturated heterocycles. The average molecular weight is 380 g/mol. The molecule has 1 aliphatic rings. The third kappa shape index (κ3) is 4.82. The molecule has 2 rings (SSSR count). The second kappa shape index (κ2) is 7.46. The fourth-order valence-electron chi connectivity index (χ4n) is 2.88. The smallest absolute Gasteiger partial charge is 0.136 e. The molecule has 1 aromatic rings. The highest BCUT2D eigenvalue weighted by molar-refractivity contribution is 7.90. The summed E-state index contributed by atoms with van der Waals surface area (Å²) in [6, 6.07) is 3.19. The molecule has 136 valence electrons. The molecule has 0 bridgehead atoms. The summed E-state index contributed by atoms with van der Waals surface area (Å²) in [6.45, 7) is 5.40. The van der Waals surface area contributed by atoms with E-state index in [9.17, 15) is 18.4 Å². The largest absolute Gasteiger partial charge is 0.598 e. The first-order valence-corrected chi connectivity index (χ1v) is 9.54. The minimum atomic E-state index is -1.49. The minimum absolute atomic E-state index is 0.195. The molecule has 0 aromatic heterocycles. The maximum Gasteiger partial charge on any atom is 0.136 e. The van der Waals surface area contributed by atoms with Crippen molar-refractivity contribution in [3.8, 4) is 0 Å². The van der Waals surface area contributed by atoms with Gasteiger partial charge in [0.2, 0.25) is 0 Å². The van der Waals surface area contributed by atoms with Crippen LogP contribution in [0.1, 0.15) is 58.1 Å². The van der Waals surface area contributed by atoms with Crippen molar-refractivity contribution in [1.82, 2.24) is 4.72 Å². The number of hydrogen-bond acceptors (Lipinski definition) is 3. The Morgan fingerprint density at radius 3 is 2.42 bits per heavy atom. The Bertz CT molecular complexity index is 554. The van der Waals surface area contributed by atoms with Crippen molar-refractivity contribution < 1.29 is 18.4 Å². The van der Waals surface area contributed by atoms with Crippen LogP contribution in [-0.4, -0.2) is 26.2 Å². The summed E-state index contributed by atoms with van der Waals surface area (Å²) >= 11 is 4.46. The van der Waals surface area contributed by atoms with E-state index in [0.717, 1.165) is 0 Å². The maximum absolute atomic E-state index is 13.8. The summed E-state index contributed by atoms with van der Waals surface area (Å²) in [5.41, 5.74) is -0.891. The number of alkyl halides is 1. The molecule has 2 N–H and O–H groups in total. The summed E-state index contributed by atoms with van der Waals surface area (Å²) in [6.07, 6.45) is -0.0855. The van der Waals surface area contributed by atoms with Crippen LogP contribution in [0.4, 0.5) is 8.78 Å². The lowest BCUT2D eigenvalue weighted by Gasteiger charge is -2.41. The van der Waals surface area contributed by atoms with Crippen LogP contribution in [0.5, 0.6) is 0 Å². The number of halogens is 3. The van der Waals surface area contributed by atoms with Crippen molar-refractivity contribution >= 4 is 23.0 Å². The molecule has 1 saturated carbocycles. The summed E-state index contributed by atoms with van der Waals surface area (Å²) in [5, 5.41) is 11.3. The molecule has 24 heavy (non-hydrogen) atoms. The van der Waals surface area contributed by atoms with Gasteiger partial charge in [-0.05, 0) is 70.2 Å². The first-order chi connectivity index (χ1) is 11.0. The van der Waals surface area contributed by atoms with Gasteiger partial charge in [0, 0.05) is 16.4 Å². The van der Waals surface area contributed by atoms with Gasteiger partial charge in [-0.2, -0.15) is 0 Å². The lowest BCUT2D eigenvalue weighted by atomic mass is 9.76. The molecule has 7 heteroatoms. The third-order valence-corrected chi connectivity index (χ3v) is 6.10. The average Bonchev–Trinajstić information content (AvgIpc) is 2.45. The zero-order chi connectivity index (χ0) is 18.1. The van der Waals surface area contributed by atoms with Gasteiger partial charge in [0.05, 0.1) is 5.60 Å². The molecule has 3 nitrogen and oxygen atoms in total. The second-order valence-electron chi connectivity index (χ2n) is 7.41. The van der Waals surface area contributed by atoms with E-state index < -0.39 is 39.7 Å². The van der Waals surface area contributed by atoms with Crippen LogP contribution in [0.15, 0.2) is 18.2 Å². The molecule has 1 fully saturated rings. The van der Waals surface area contributed by atoms with Crippen molar-refractivity contribution in [3.63, 3.8) is 0 Å². The first kappa shape index (κ1) is 19.9. The maximum atomic E-state index is 13.8. The van der Waals surface area contributed by atoms with Gasteiger partial charge < -0.3 is 9.66 Å². The number of rotatable bonds is 4. The summed E-state index contributed by atoms with van der Waals surface area (Å²) in [7, 11) is 0. The van der Waals surface area contributed by atoms with Gasteiger partial charge in [-0.1, -0.05) is 11.6 Å². The highest BCUT2D eigenvalue weighted by Gasteiger charge is 2.45. The topological polar surface area (TPSA) is 55.3 Å². The van der Waals surface area contributed by atoms with Gasteiger partial charge in [-0.15, -0.1) is 4.72 Å². The summed E-state index contributed by atoms with van der Waals surface area (Å²) in [5.74, 6) is -0.534. The second-order valence-corrected chi connectivity index (χ2v) is 9.85. The van der Waals surface area contributed by atoms with Crippen LogP contribution in [0.25, 0.3) is 0 Å². The van der Waals surface area contributed by atoms with Crippen molar-refractivity contribution in [1.29, 1.82) is 0 Å². The van der Waals surface area contributed by atoms with E-state index in [1.54, 1.807) is 26.8 Å². The Kier molecular flexibility index (Phi) is 6.19. The Morgan fingerprint density at radius 2 is 1.92 bits per heavy atom. The predicted molar refractivity (Wildman–Crippen MR) is 93.5 cm³/mol. The van der Waals surface area contributed by atoms with Crippen LogP contribution in [0.3, 0.4) is 0 Å². The Labute approximate surface area is 150 Å². The zero-order valence-corrected chi connectivity index (χ0v) is 15.7.